The highest BCUT2D eigenvalue weighted by Gasteiger charge is 2.53. The summed E-state index contributed by atoms with van der Waals surface area (Å²) in [6, 6.07) is 11.2. The zero-order valence-corrected chi connectivity index (χ0v) is 22.3. The summed E-state index contributed by atoms with van der Waals surface area (Å²) in [4.78, 5) is 15.6. The van der Waals surface area contributed by atoms with E-state index < -0.39 is 20.0 Å². The maximum atomic E-state index is 13.8. The summed E-state index contributed by atoms with van der Waals surface area (Å²) in [5.41, 5.74) is 2.73. The van der Waals surface area contributed by atoms with Crippen LogP contribution in [0.1, 0.15) is 54.4 Å². The molecule has 2 saturated carbocycles. The Bertz CT molecular complexity index is 1470. The predicted molar refractivity (Wildman–Crippen MR) is 140 cm³/mol. The number of carbonyl (C=O) groups is 1. The van der Waals surface area contributed by atoms with Crippen molar-refractivity contribution in [1.29, 1.82) is 0 Å². The van der Waals surface area contributed by atoms with Crippen LogP contribution in [0.15, 0.2) is 47.4 Å². The van der Waals surface area contributed by atoms with Crippen LogP contribution in [0, 0.1) is 5.41 Å². The molecule has 3 fully saturated rings. The molecule has 2 N–H and O–H groups in total. The Hall–Kier alpha value is -2.47. The lowest BCUT2D eigenvalue weighted by Gasteiger charge is -2.38. The summed E-state index contributed by atoms with van der Waals surface area (Å²) in [6.07, 6.45) is 7.72. The monoisotopic (exact) mass is 545 g/mol. The fraction of sp³-hybridized carbons (Fsp3) is 0.500. The number of carbonyl (C=O) groups excluding carboxylic acids is 1. The molecule has 0 bridgehead atoms. The molecule has 2 spiro atoms. The molecular formula is C26H31N3O6S2. The lowest BCUT2D eigenvalue weighted by atomic mass is 9.66. The summed E-state index contributed by atoms with van der Waals surface area (Å²) in [5, 5.41) is 0. The van der Waals surface area contributed by atoms with Crippen LogP contribution in [-0.4, -0.2) is 54.8 Å². The molecule has 1 amide bonds. The molecule has 0 unspecified atom stereocenters. The van der Waals surface area contributed by atoms with Crippen molar-refractivity contribution in [3.8, 4) is 0 Å². The Labute approximate surface area is 217 Å². The highest BCUT2D eigenvalue weighted by molar-refractivity contribution is 7.92. The number of rotatable bonds is 6. The minimum atomic E-state index is -3.78. The molecule has 9 nitrogen and oxygen atoms in total. The topological polar surface area (TPSA) is 122 Å². The molecule has 4 aliphatic rings. The van der Waals surface area contributed by atoms with Gasteiger partial charge in [0.25, 0.3) is 5.91 Å². The predicted octanol–water partition coefficient (Wildman–Crippen LogP) is 2.99. The molecule has 198 valence electrons. The van der Waals surface area contributed by atoms with Crippen molar-refractivity contribution in [2.24, 2.45) is 5.41 Å². The van der Waals surface area contributed by atoms with Crippen molar-refractivity contribution in [3.63, 3.8) is 0 Å². The second-order valence-electron chi connectivity index (χ2n) is 11.2. The average molecular weight is 546 g/mol. The van der Waals surface area contributed by atoms with E-state index in [2.05, 4.69) is 9.44 Å². The number of sulfonamides is 2. The van der Waals surface area contributed by atoms with E-state index in [1.807, 2.05) is 6.07 Å². The van der Waals surface area contributed by atoms with E-state index in [9.17, 15) is 21.6 Å². The molecule has 2 aromatic carbocycles. The lowest BCUT2D eigenvalue weighted by molar-refractivity contribution is 0.00482. The number of hydrogen-bond donors (Lipinski definition) is 2. The largest absolute Gasteiger partial charge is 0.378 e. The van der Waals surface area contributed by atoms with Crippen LogP contribution in [0.2, 0.25) is 0 Å². The van der Waals surface area contributed by atoms with Gasteiger partial charge in [-0.25, -0.2) is 21.6 Å². The number of amides is 1. The molecule has 0 atom stereocenters. The number of nitrogens with zero attached hydrogens (tertiary/aromatic N) is 1. The molecule has 2 aliphatic carbocycles. The third-order valence-corrected chi connectivity index (χ3v) is 10.6. The minimum Gasteiger partial charge on any atom is -0.378 e. The smallest absolute Gasteiger partial charge is 0.258 e. The van der Waals surface area contributed by atoms with Crippen LogP contribution in [0.3, 0.4) is 0 Å². The van der Waals surface area contributed by atoms with Crippen molar-refractivity contribution in [2.75, 3.05) is 35.6 Å². The first kappa shape index (κ1) is 24.8. The van der Waals surface area contributed by atoms with Gasteiger partial charge in [0.05, 0.1) is 30.4 Å². The van der Waals surface area contributed by atoms with Gasteiger partial charge < -0.3 is 9.64 Å². The molecule has 0 radical (unpaired) electrons. The standard InChI is InChI=1S/C26H31N3O6S2/c1-36(31,32)27-19-5-6-23-22(14-19)26(11-9-25(7-8-25)10-12-26)17-29(23)24(30)18-3-2-4-21(13-18)37(33,34)28-20-15-35-16-20/h2-6,13-14,20,27-28H,7-12,15-17H2,1H3. The van der Waals surface area contributed by atoms with E-state index in [1.165, 1.54) is 25.0 Å². The average Bonchev–Trinajstić information content (AvgIpc) is 3.52. The fourth-order valence-electron chi connectivity index (χ4n) is 6.03. The van der Waals surface area contributed by atoms with Crippen molar-refractivity contribution >= 4 is 37.3 Å². The molecule has 2 aromatic rings. The molecule has 2 aliphatic heterocycles. The Morgan fingerprint density at radius 1 is 0.973 bits per heavy atom. The minimum absolute atomic E-state index is 0.0421. The van der Waals surface area contributed by atoms with Gasteiger partial charge in [-0.3, -0.25) is 9.52 Å². The van der Waals surface area contributed by atoms with Crippen LogP contribution in [0.5, 0.6) is 0 Å². The lowest BCUT2D eigenvalue weighted by Crippen LogP contribution is -2.48. The molecule has 0 aromatic heterocycles. The fourth-order valence-corrected chi connectivity index (χ4v) is 7.84. The Morgan fingerprint density at radius 3 is 2.30 bits per heavy atom. The van der Waals surface area contributed by atoms with Gasteiger partial charge in [0, 0.05) is 28.9 Å². The number of benzene rings is 2. The normalized spacial score (nSPS) is 22.0. The van der Waals surface area contributed by atoms with Crippen molar-refractivity contribution in [2.45, 2.75) is 54.9 Å². The summed E-state index contributed by atoms with van der Waals surface area (Å²) >= 11 is 0. The third-order valence-electron chi connectivity index (χ3n) is 8.44. The van der Waals surface area contributed by atoms with Gasteiger partial charge in [-0.05, 0) is 85.9 Å². The van der Waals surface area contributed by atoms with Gasteiger partial charge in [0.15, 0.2) is 0 Å². The molecule has 1 saturated heterocycles. The number of nitrogens with one attached hydrogen (secondary N) is 2. The van der Waals surface area contributed by atoms with E-state index in [-0.39, 0.29) is 22.3 Å². The highest BCUT2D eigenvalue weighted by atomic mass is 32.2. The maximum absolute atomic E-state index is 13.8. The van der Waals surface area contributed by atoms with Gasteiger partial charge >= 0.3 is 0 Å². The zero-order chi connectivity index (χ0) is 26.1. The number of hydrogen-bond acceptors (Lipinski definition) is 6. The van der Waals surface area contributed by atoms with Crippen LogP contribution in [-0.2, 0) is 30.2 Å². The van der Waals surface area contributed by atoms with Gasteiger partial charge in [0.1, 0.15) is 0 Å². The van der Waals surface area contributed by atoms with E-state index in [0.29, 0.717) is 36.4 Å². The summed E-state index contributed by atoms with van der Waals surface area (Å²) in [5.74, 6) is -0.266. The third kappa shape index (κ3) is 4.67. The molecular weight excluding hydrogens is 514 g/mol. The Morgan fingerprint density at radius 2 is 1.68 bits per heavy atom. The summed E-state index contributed by atoms with van der Waals surface area (Å²) in [7, 11) is -7.23. The molecule has 37 heavy (non-hydrogen) atoms. The zero-order valence-electron chi connectivity index (χ0n) is 20.7. The van der Waals surface area contributed by atoms with Gasteiger partial charge in [0.2, 0.25) is 20.0 Å². The highest BCUT2D eigenvalue weighted by Crippen LogP contribution is 2.62. The summed E-state index contributed by atoms with van der Waals surface area (Å²) in [6.45, 7) is 1.16. The Balaban J connectivity index is 1.33. The van der Waals surface area contributed by atoms with Crippen molar-refractivity contribution in [3.05, 3.63) is 53.6 Å². The van der Waals surface area contributed by atoms with Crippen molar-refractivity contribution in [1.82, 2.24) is 4.72 Å². The van der Waals surface area contributed by atoms with Gasteiger partial charge in [-0.1, -0.05) is 6.07 Å². The maximum Gasteiger partial charge on any atom is 0.258 e. The van der Waals surface area contributed by atoms with Crippen LogP contribution < -0.4 is 14.3 Å². The van der Waals surface area contributed by atoms with Crippen LogP contribution >= 0.6 is 0 Å². The second-order valence-corrected chi connectivity index (χ2v) is 14.6. The van der Waals surface area contributed by atoms with E-state index in [4.69, 9.17) is 4.74 Å². The first-order chi connectivity index (χ1) is 17.5. The molecule has 6 rings (SSSR count). The van der Waals surface area contributed by atoms with E-state index in [0.717, 1.165) is 43.2 Å². The van der Waals surface area contributed by atoms with Crippen molar-refractivity contribution < 1.29 is 26.4 Å². The quantitative estimate of drug-likeness (QED) is 0.576. The first-order valence-corrected chi connectivity index (χ1v) is 16.0. The number of fused-ring (bicyclic) bond motifs is 2. The number of ether oxygens (including phenoxy) is 1. The molecule has 11 heteroatoms. The molecule has 2 heterocycles. The second kappa shape index (κ2) is 8.52. The SMILES string of the molecule is CS(=O)(=O)Nc1ccc2c(c1)C1(CCC3(CC3)CC1)CN2C(=O)c1cccc(S(=O)(=O)NC2COC2)c1. The van der Waals surface area contributed by atoms with Gasteiger partial charge in [-0.15, -0.1) is 0 Å². The Kier molecular flexibility index (Phi) is 5.72. The van der Waals surface area contributed by atoms with Crippen LogP contribution in [0.25, 0.3) is 0 Å². The number of anilines is 2. The summed E-state index contributed by atoms with van der Waals surface area (Å²) < 4.78 is 59.7. The van der Waals surface area contributed by atoms with E-state index in [1.54, 1.807) is 29.2 Å². The van der Waals surface area contributed by atoms with Crippen LogP contribution in [0.4, 0.5) is 11.4 Å². The van der Waals surface area contributed by atoms with E-state index >= 15 is 0 Å². The van der Waals surface area contributed by atoms with Gasteiger partial charge in [-0.2, -0.15) is 0 Å². The first-order valence-electron chi connectivity index (χ1n) is 12.6.